The minimum absolute atomic E-state index is 0.0411. The fourth-order valence-corrected chi connectivity index (χ4v) is 3.39. The van der Waals surface area contributed by atoms with E-state index in [2.05, 4.69) is 10.1 Å². The summed E-state index contributed by atoms with van der Waals surface area (Å²) in [5.41, 5.74) is 2.37. The second kappa shape index (κ2) is 11.3. The van der Waals surface area contributed by atoms with Gasteiger partial charge in [0.25, 0.3) is 5.91 Å². The van der Waals surface area contributed by atoms with E-state index >= 15 is 4.39 Å². The van der Waals surface area contributed by atoms with Crippen molar-refractivity contribution in [3.05, 3.63) is 76.6 Å². The maximum atomic E-state index is 15.2. The SMILES string of the molecule is [B]C([B])([B])Oc1cc(OC(F)(F)F)ccc1Oc1ccc(C(F)(F)F)c(F)c1C(=O)Nc1ccc(C)c(C(N)=O)c1. The van der Waals surface area contributed by atoms with Gasteiger partial charge in [0.05, 0.1) is 5.56 Å². The summed E-state index contributed by atoms with van der Waals surface area (Å²) in [5.74, 6) is -7.45. The van der Waals surface area contributed by atoms with Crippen molar-refractivity contribution in [3.8, 4) is 23.0 Å². The van der Waals surface area contributed by atoms with Gasteiger partial charge in [0.2, 0.25) is 5.91 Å². The van der Waals surface area contributed by atoms with E-state index in [1.54, 1.807) is 0 Å². The predicted octanol–water partition coefficient (Wildman–Crippen LogP) is 4.69. The van der Waals surface area contributed by atoms with Crippen LogP contribution >= 0.6 is 0 Å². The zero-order valence-electron chi connectivity index (χ0n) is 20.6. The molecule has 3 aromatic rings. The van der Waals surface area contributed by atoms with Gasteiger partial charge < -0.3 is 25.3 Å². The minimum atomic E-state index is -5.25. The molecule has 0 aliphatic carbocycles. The number of aryl methyl sites for hydroxylation is 1. The van der Waals surface area contributed by atoms with Gasteiger partial charge in [-0.3, -0.25) is 9.59 Å². The predicted molar refractivity (Wildman–Crippen MR) is 133 cm³/mol. The summed E-state index contributed by atoms with van der Waals surface area (Å²) in [5, 5.41) is -0.366. The molecular weight excluding hydrogens is 562 g/mol. The highest BCUT2D eigenvalue weighted by atomic mass is 19.4. The van der Waals surface area contributed by atoms with Crippen molar-refractivity contribution >= 4 is 41.0 Å². The Balaban J connectivity index is 2.12. The number of hydrogen-bond acceptors (Lipinski definition) is 5. The van der Waals surface area contributed by atoms with E-state index in [9.17, 15) is 35.9 Å². The molecule has 0 aliphatic rings. The Bertz CT molecular complexity index is 1490. The molecule has 0 aliphatic heterocycles. The maximum absolute atomic E-state index is 15.2. The van der Waals surface area contributed by atoms with Crippen LogP contribution in [0, 0.1) is 12.7 Å². The number of nitrogens with two attached hydrogens (primary N) is 1. The molecule has 7 nitrogen and oxygen atoms in total. The zero-order valence-corrected chi connectivity index (χ0v) is 20.6. The summed E-state index contributed by atoms with van der Waals surface area (Å²) in [6.07, 6.45) is -10.4. The number of nitrogens with one attached hydrogen (secondary N) is 1. The third-order valence-corrected chi connectivity index (χ3v) is 5.05. The first-order chi connectivity index (χ1) is 18.7. The van der Waals surface area contributed by atoms with Crippen molar-refractivity contribution in [2.24, 2.45) is 5.73 Å². The summed E-state index contributed by atoms with van der Waals surface area (Å²) < 4.78 is 108. The zero-order chi connectivity index (χ0) is 30.9. The Kier molecular flexibility index (Phi) is 8.60. The smallest absolute Gasteiger partial charge is 0.512 e. The van der Waals surface area contributed by atoms with E-state index in [1.807, 2.05) is 0 Å². The number of halogens is 7. The molecule has 0 fully saturated rings. The van der Waals surface area contributed by atoms with Gasteiger partial charge in [-0.1, -0.05) is 6.07 Å². The van der Waals surface area contributed by atoms with Crippen molar-refractivity contribution in [1.82, 2.24) is 0 Å². The molecule has 17 heteroatoms. The quantitative estimate of drug-likeness (QED) is 0.300. The van der Waals surface area contributed by atoms with Crippen molar-refractivity contribution < 1.29 is 54.5 Å². The van der Waals surface area contributed by atoms with Crippen LogP contribution < -0.4 is 25.3 Å². The first-order valence-electron chi connectivity index (χ1n) is 11.0. The lowest BCUT2D eigenvalue weighted by molar-refractivity contribution is -0.274. The van der Waals surface area contributed by atoms with E-state index in [1.165, 1.54) is 19.1 Å². The molecule has 3 rings (SSSR count). The average Bonchev–Trinajstić information content (AvgIpc) is 2.79. The maximum Gasteiger partial charge on any atom is 0.573 e. The average molecular weight is 576 g/mol. The number of carbonyl (C=O) groups excluding carboxylic acids is 2. The van der Waals surface area contributed by atoms with Gasteiger partial charge in [0.15, 0.2) is 17.3 Å². The van der Waals surface area contributed by atoms with E-state index in [0.717, 1.165) is 12.1 Å². The van der Waals surface area contributed by atoms with Crippen LogP contribution in [0.5, 0.6) is 23.0 Å². The third kappa shape index (κ3) is 8.11. The Morgan fingerprint density at radius 3 is 2.05 bits per heavy atom. The Hall–Kier alpha value is -4.30. The monoisotopic (exact) mass is 576 g/mol. The molecule has 0 atom stereocenters. The summed E-state index contributed by atoms with van der Waals surface area (Å²) in [6.45, 7) is 1.52. The highest BCUT2D eigenvalue weighted by molar-refractivity contribution is 6.58. The lowest BCUT2D eigenvalue weighted by Gasteiger charge is -2.25. The number of amides is 2. The highest BCUT2D eigenvalue weighted by Gasteiger charge is 2.38. The molecule has 3 N–H and O–H groups in total. The van der Waals surface area contributed by atoms with Gasteiger partial charge in [-0.25, -0.2) is 4.39 Å². The molecule has 41 heavy (non-hydrogen) atoms. The largest absolute Gasteiger partial charge is 0.573 e. The summed E-state index contributed by atoms with van der Waals surface area (Å²) >= 11 is 0. The molecule has 0 bridgehead atoms. The van der Waals surface area contributed by atoms with Gasteiger partial charge in [-0.05, 0) is 54.2 Å². The lowest BCUT2D eigenvalue weighted by atomic mass is 9.52. The van der Waals surface area contributed by atoms with Crippen LogP contribution in [-0.2, 0) is 6.18 Å². The van der Waals surface area contributed by atoms with Crippen LogP contribution in [0.2, 0.25) is 0 Å². The summed E-state index contributed by atoms with van der Waals surface area (Å²) in [7, 11) is 16.0. The number of carbonyl (C=O) groups is 2. The number of benzene rings is 3. The highest BCUT2D eigenvalue weighted by Crippen LogP contribution is 2.41. The molecule has 0 saturated carbocycles. The summed E-state index contributed by atoms with van der Waals surface area (Å²) in [4.78, 5) is 24.7. The number of rotatable bonds is 8. The number of primary amides is 1. The second-order valence-corrected chi connectivity index (χ2v) is 8.36. The van der Waals surface area contributed by atoms with Gasteiger partial charge >= 0.3 is 12.5 Å². The van der Waals surface area contributed by atoms with E-state index in [-0.39, 0.29) is 17.3 Å². The van der Waals surface area contributed by atoms with Crippen molar-refractivity contribution in [2.75, 3.05) is 5.32 Å². The Morgan fingerprint density at radius 2 is 1.49 bits per heavy atom. The molecule has 2 amide bonds. The number of alkyl halides is 6. The Morgan fingerprint density at radius 1 is 0.854 bits per heavy atom. The van der Waals surface area contributed by atoms with Crippen molar-refractivity contribution in [2.45, 2.75) is 24.8 Å². The van der Waals surface area contributed by atoms with Gasteiger partial charge in [-0.2, -0.15) is 13.2 Å². The fraction of sp³-hybridized carbons (Fsp3) is 0.167. The molecule has 0 unspecified atom stereocenters. The molecule has 208 valence electrons. The molecule has 6 radical (unpaired) electrons. The van der Waals surface area contributed by atoms with Gasteiger partial charge in [-0.15, -0.1) is 13.2 Å². The molecule has 0 saturated heterocycles. The summed E-state index contributed by atoms with van der Waals surface area (Å²) in [6, 6.07) is 6.63. The normalized spacial score (nSPS) is 12.0. The van der Waals surface area contributed by atoms with E-state index < -0.39 is 69.6 Å². The van der Waals surface area contributed by atoms with Crippen LogP contribution in [0.3, 0.4) is 0 Å². The van der Waals surface area contributed by atoms with E-state index in [0.29, 0.717) is 23.8 Å². The van der Waals surface area contributed by atoms with Crippen molar-refractivity contribution in [3.63, 3.8) is 0 Å². The molecule has 0 heterocycles. The fourth-order valence-electron chi connectivity index (χ4n) is 3.39. The van der Waals surface area contributed by atoms with Crippen LogP contribution in [0.25, 0.3) is 0 Å². The van der Waals surface area contributed by atoms with Gasteiger partial charge in [0.1, 0.15) is 40.6 Å². The Labute approximate surface area is 231 Å². The van der Waals surface area contributed by atoms with Crippen LogP contribution in [0.4, 0.5) is 36.4 Å². The number of hydrogen-bond donors (Lipinski definition) is 2. The molecule has 0 aromatic heterocycles. The lowest BCUT2D eigenvalue weighted by Crippen LogP contribution is -2.37. The first kappa shape index (κ1) is 31.2. The number of ether oxygens (including phenoxy) is 3. The molecule has 0 spiro atoms. The minimum Gasteiger partial charge on any atom is -0.512 e. The van der Waals surface area contributed by atoms with Crippen LogP contribution in [-0.4, -0.2) is 47.0 Å². The topological polar surface area (TPSA) is 99.9 Å². The standard InChI is InChI=1S/C24H14B3F7N2O5/c1-10-2-3-11(8-13(10)20(35)37)36-21(38)18-16(7-5-14(19(18)28)22(29,30)31)39-15-6-4-12(40-24(32,33)34)9-17(15)41-23(25,26)27/h2-9H,1H3,(H2,35,37)(H,36,38). The van der Waals surface area contributed by atoms with Gasteiger partial charge in [0, 0.05) is 17.3 Å². The van der Waals surface area contributed by atoms with E-state index in [4.69, 9.17) is 38.7 Å². The molecule has 3 aromatic carbocycles. The van der Waals surface area contributed by atoms with Crippen LogP contribution in [0.15, 0.2) is 48.5 Å². The first-order valence-corrected chi connectivity index (χ1v) is 11.0. The van der Waals surface area contributed by atoms with Crippen molar-refractivity contribution in [1.29, 1.82) is 0 Å². The second-order valence-electron chi connectivity index (χ2n) is 8.36. The number of anilines is 1. The third-order valence-electron chi connectivity index (χ3n) is 5.05. The van der Waals surface area contributed by atoms with Crippen LogP contribution in [0.1, 0.15) is 31.8 Å². The molecular formula is C24H14B3F7N2O5.